The molecule has 0 spiro atoms. The first-order valence-electron chi connectivity index (χ1n) is 8.09. The first kappa shape index (κ1) is 16.5. The third-order valence-corrected chi connectivity index (χ3v) is 4.11. The highest BCUT2D eigenvalue weighted by Crippen LogP contribution is 2.28. The zero-order chi connectivity index (χ0) is 16.0. The van der Waals surface area contributed by atoms with E-state index in [4.69, 9.17) is 0 Å². The van der Waals surface area contributed by atoms with Gasteiger partial charge in [-0.15, -0.1) is 0 Å². The number of carbonyl (C=O) groups is 2. The van der Waals surface area contributed by atoms with Gasteiger partial charge >= 0.3 is 0 Å². The van der Waals surface area contributed by atoms with Gasteiger partial charge in [-0.3, -0.25) is 9.59 Å². The second kappa shape index (κ2) is 7.43. The third kappa shape index (κ3) is 5.17. The van der Waals surface area contributed by atoms with Crippen molar-refractivity contribution in [2.75, 3.05) is 13.1 Å². The van der Waals surface area contributed by atoms with Crippen LogP contribution >= 0.6 is 0 Å². The first-order valence-corrected chi connectivity index (χ1v) is 8.09. The van der Waals surface area contributed by atoms with Gasteiger partial charge in [0.25, 0.3) is 0 Å². The molecule has 0 radical (unpaired) electrons. The summed E-state index contributed by atoms with van der Waals surface area (Å²) in [7, 11) is 0. The molecule has 1 aliphatic carbocycles. The predicted octanol–water partition coefficient (Wildman–Crippen LogP) is 2.39. The number of benzene rings is 1. The van der Waals surface area contributed by atoms with Crippen LogP contribution in [0.1, 0.15) is 45.1 Å². The fourth-order valence-electron chi connectivity index (χ4n) is 2.35. The summed E-state index contributed by atoms with van der Waals surface area (Å²) in [4.78, 5) is 23.3. The molecule has 1 aliphatic rings. The number of rotatable bonds is 8. The molecule has 1 aromatic rings. The molecule has 0 bridgehead atoms. The average Bonchev–Trinajstić information content (AvgIpc) is 3.35. The van der Waals surface area contributed by atoms with Crippen LogP contribution in [0.25, 0.3) is 0 Å². The van der Waals surface area contributed by atoms with Gasteiger partial charge in [0.1, 0.15) is 0 Å². The van der Waals surface area contributed by atoms with Gasteiger partial charge in [-0.05, 0) is 24.8 Å². The zero-order valence-corrected chi connectivity index (χ0v) is 13.5. The van der Waals surface area contributed by atoms with E-state index < -0.39 is 0 Å². The smallest absolute Gasteiger partial charge is 0.223 e. The van der Waals surface area contributed by atoms with Crippen LogP contribution in [-0.2, 0) is 15.0 Å². The van der Waals surface area contributed by atoms with Crippen LogP contribution < -0.4 is 10.6 Å². The summed E-state index contributed by atoms with van der Waals surface area (Å²) in [5, 5.41) is 5.87. The van der Waals surface area contributed by atoms with Gasteiger partial charge in [-0.1, -0.05) is 44.2 Å². The quantitative estimate of drug-likeness (QED) is 0.724. The highest BCUT2D eigenvalue weighted by atomic mass is 16.2. The zero-order valence-electron chi connectivity index (χ0n) is 13.5. The minimum absolute atomic E-state index is 0.0460. The lowest BCUT2D eigenvalue weighted by Gasteiger charge is -2.25. The molecule has 120 valence electrons. The topological polar surface area (TPSA) is 58.2 Å². The molecule has 0 unspecified atom stereocenters. The van der Waals surface area contributed by atoms with E-state index >= 15 is 0 Å². The minimum Gasteiger partial charge on any atom is -0.356 e. The Bertz CT molecular complexity index is 507. The number of nitrogens with one attached hydrogen (secondary N) is 2. The van der Waals surface area contributed by atoms with E-state index in [0.717, 1.165) is 12.8 Å². The van der Waals surface area contributed by atoms with Crippen molar-refractivity contribution >= 4 is 11.8 Å². The lowest BCUT2D eigenvalue weighted by molar-refractivity contribution is -0.123. The molecule has 0 atom stereocenters. The minimum atomic E-state index is -0.0862. The molecular formula is C18H26N2O2. The van der Waals surface area contributed by atoms with Crippen LogP contribution in [0.2, 0.25) is 0 Å². The Kier molecular flexibility index (Phi) is 5.58. The van der Waals surface area contributed by atoms with Crippen molar-refractivity contribution in [3.05, 3.63) is 35.9 Å². The molecule has 0 heterocycles. The Morgan fingerprint density at radius 3 is 2.45 bits per heavy atom. The number of hydrogen-bond donors (Lipinski definition) is 2. The van der Waals surface area contributed by atoms with Gasteiger partial charge in [-0.25, -0.2) is 0 Å². The van der Waals surface area contributed by atoms with Crippen molar-refractivity contribution < 1.29 is 9.59 Å². The molecule has 2 N–H and O–H groups in total. The first-order chi connectivity index (χ1) is 10.5. The summed E-state index contributed by atoms with van der Waals surface area (Å²) < 4.78 is 0. The molecule has 1 aromatic carbocycles. The van der Waals surface area contributed by atoms with Gasteiger partial charge in [0.05, 0.1) is 0 Å². The third-order valence-electron chi connectivity index (χ3n) is 4.11. The second-order valence-electron chi connectivity index (χ2n) is 6.70. The van der Waals surface area contributed by atoms with Crippen molar-refractivity contribution in [1.82, 2.24) is 10.6 Å². The van der Waals surface area contributed by atoms with Gasteiger partial charge < -0.3 is 10.6 Å². The van der Waals surface area contributed by atoms with E-state index in [1.165, 1.54) is 5.56 Å². The highest BCUT2D eigenvalue weighted by Gasteiger charge is 2.29. The van der Waals surface area contributed by atoms with Crippen molar-refractivity contribution in [2.45, 2.75) is 44.9 Å². The van der Waals surface area contributed by atoms with Crippen LogP contribution in [0.3, 0.4) is 0 Å². The summed E-state index contributed by atoms with van der Waals surface area (Å²) in [5.41, 5.74) is 1.13. The lowest BCUT2D eigenvalue weighted by atomic mass is 9.84. The van der Waals surface area contributed by atoms with Crippen LogP contribution in [0.4, 0.5) is 0 Å². The summed E-state index contributed by atoms with van der Waals surface area (Å²) in [6, 6.07) is 10.2. The second-order valence-corrected chi connectivity index (χ2v) is 6.70. The van der Waals surface area contributed by atoms with Gasteiger partial charge in [0.2, 0.25) is 11.8 Å². The van der Waals surface area contributed by atoms with Crippen LogP contribution in [0, 0.1) is 5.92 Å². The molecule has 22 heavy (non-hydrogen) atoms. The van der Waals surface area contributed by atoms with Crippen molar-refractivity contribution in [1.29, 1.82) is 0 Å². The summed E-state index contributed by atoms with van der Waals surface area (Å²) in [5.74, 6) is 0.427. The maximum absolute atomic E-state index is 11.9. The normalized spacial score (nSPS) is 14.5. The van der Waals surface area contributed by atoms with Crippen LogP contribution in [-0.4, -0.2) is 24.9 Å². The van der Waals surface area contributed by atoms with E-state index in [1.807, 2.05) is 18.2 Å². The maximum Gasteiger partial charge on any atom is 0.223 e. The molecule has 0 aliphatic heterocycles. The molecule has 0 aromatic heterocycles. The largest absolute Gasteiger partial charge is 0.356 e. The Morgan fingerprint density at radius 2 is 1.82 bits per heavy atom. The Hall–Kier alpha value is -1.84. The van der Waals surface area contributed by atoms with E-state index in [9.17, 15) is 9.59 Å². The Labute approximate surface area is 132 Å². The number of hydrogen-bond acceptors (Lipinski definition) is 2. The maximum atomic E-state index is 11.9. The highest BCUT2D eigenvalue weighted by molar-refractivity contribution is 5.81. The van der Waals surface area contributed by atoms with E-state index in [0.29, 0.717) is 25.9 Å². The summed E-state index contributed by atoms with van der Waals surface area (Å²) in [6.07, 6.45) is 3.17. The average molecular weight is 302 g/mol. The van der Waals surface area contributed by atoms with E-state index in [1.54, 1.807) is 0 Å². The standard InChI is InChI=1S/C18H26N2O2/c1-18(2,15-7-4-3-5-8-15)13-20-16(21)9-6-12-19-17(22)14-10-11-14/h3-5,7-8,14H,6,9-13H2,1-2H3,(H,19,22)(H,20,21). The lowest BCUT2D eigenvalue weighted by Crippen LogP contribution is -2.37. The summed E-state index contributed by atoms with van der Waals surface area (Å²) in [6.45, 7) is 5.45. The molecule has 2 amide bonds. The SMILES string of the molecule is CC(C)(CNC(=O)CCCNC(=O)C1CC1)c1ccccc1. The number of carbonyl (C=O) groups excluding carboxylic acids is 2. The van der Waals surface area contributed by atoms with Crippen LogP contribution in [0.5, 0.6) is 0 Å². The van der Waals surface area contributed by atoms with Crippen molar-refractivity contribution in [3.63, 3.8) is 0 Å². The molecule has 2 rings (SSSR count). The van der Waals surface area contributed by atoms with Crippen LogP contribution in [0.15, 0.2) is 30.3 Å². The molecule has 1 fully saturated rings. The van der Waals surface area contributed by atoms with Gasteiger partial charge in [0, 0.05) is 30.8 Å². The number of amides is 2. The Morgan fingerprint density at radius 1 is 1.14 bits per heavy atom. The molecule has 0 saturated heterocycles. The van der Waals surface area contributed by atoms with Crippen molar-refractivity contribution in [3.8, 4) is 0 Å². The van der Waals surface area contributed by atoms with Gasteiger partial charge in [-0.2, -0.15) is 0 Å². The fourth-order valence-corrected chi connectivity index (χ4v) is 2.35. The molecule has 4 nitrogen and oxygen atoms in total. The molecule has 1 saturated carbocycles. The fraction of sp³-hybridized carbons (Fsp3) is 0.556. The van der Waals surface area contributed by atoms with Crippen molar-refractivity contribution in [2.24, 2.45) is 5.92 Å². The Balaban J connectivity index is 1.63. The predicted molar refractivity (Wildman–Crippen MR) is 87.4 cm³/mol. The monoisotopic (exact) mass is 302 g/mol. The summed E-state index contributed by atoms with van der Waals surface area (Å²) >= 11 is 0. The molecule has 4 heteroatoms. The molecular weight excluding hydrogens is 276 g/mol. The van der Waals surface area contributed by atoms with E-state index in [-0.39, 0.29) is 23.1 Å². The van der Waals surface area contributed by atoms with E-state index in [2.05, 4.69) is 36.6 Å². The van der Waals surface area contributed by atoms with Gasteiger partial charge in [0.15, 0.2) is 0 Å².